The van der Waals surface area contributed by atoms with Crippen molar-refractivity contribution in [2.75, 3.05) is 11.9 Å². The minimum atomic E-state index is -4.62. The lowest BCUT2D eigenvalue weighted by atomic mass is 10.0. The van der Waals surface area contributed by atoms with Crippen molar-refractivity contribution in [2.24, 2.45) is 0 Å². The predicted molar refractivity (Wildman–Crippen MR) is 135 cm³/mol. The Balaban J connectivity index is 1.83. The van der Waals surface area contributed by atoms with Gasteiger partial charge < -0.3 is 10.1 Å². The predicted octanol–water partition coefficient (Wildman–Crippen LogP) is 6.02. The highest BCUT2D eigenvalue weighted by Gasteiger charge is 2.31. The third-order valence-electron chi connectivity index (χ3n) is 5.60. The third kappa shape index (κ3) is 5.26. The Morgan fingerprint density at radius 1 is 1.14 bits per heavy atom. The van der Waals surface area contributed by atoms with Crippen LogP contribution >= 0.6 is 11.3 Å². The van der Waals surface area contributed by atoms with Crippen molar-refractivity contribution in [3.05, 3.63) is 86.6 Å². The van der Waals surface area contributed by atoms with Gasteiger partial charge >= 0.3 is 12.1 Å². The van der Waals surface area contributed by atoms with Gasteiger partial charge in [0.2, 0.25) is 0 Å². The van der Waals surface area contributed by atoms with Gasteiger partial charge in [-0.1, -0.05) is 32.0 Å². The van der Waals surface area contributed by atoms with Gasteiger partial charge in [-0.3, -0.25) is 9.59 Å². The van der Waals surface area contributed by atoms with E-state index in [1.807, 2.05) is 26.0 Å². The molecule has 0 unspecified atom stereocenters. The molecule has 2 aromatic heterocycles. The molecule has 2 heterocycles. The summed E-state index contributed by atoms with van der Waals surface area (Å²) in [6.45, 7) is 5.75. The van der Waals surface area contributed by atoms with E-state index in [0.29, 0.717) is 5.69 Å². The van der Waals surface area contributed by atoms with E-state index in [9.17, 15) is 27.6 Å². The fraction of sp³-hybridized carbons (Fsp3) is 0.231. The Morgan fingerprint density at radius 2 is 1.84 bits per heavy atom. The summed E-state index contributed by atoms with van der Waals surface area (Å²) in [4.78, 5) is 39.0. The maximum Gasteiger partial charge on any atom is 0.416 e. The van der Waals surface area contributed by atoms with E-state index in [4.69, 9.17) is 4.74 Å². The quantitative estimate of drug-likeness (QED) is 0.309. The summed E-state index contributed by atoms with van der Waals surface area (Å²) in [7, 11) is 0. The molecule has 0 fully saturated rings. The minimum Gasteiger partial charge on any atom is -0.461 e. The van der Waals surface area contributed by atoms with E-state index >= 15 is 0 Å². The molecule has 0 spiro atoms. The standard InChI is InChI=1S/C26H22F3N3O4S/c1-4-36-25(35)21-19-13-37-23(30-22(33)16-6-5-7-17(12-16)26(27,28)29)20(19)24(34)32(31-21)18-10-8-15(9-11-18)14(2)3/h5-14H,4H2,1-3H3,(H,30,33). The van der Waals surface area contributed by atoms with Crippen molar-refractivity contribution in [1.29, 1.82) is 0 Å². The summed E-state index contributed by atoms with van der Waals surface area (Å²) in [5.74, 6) is -1.34. The topological polar surface area (TPSA) is 90.3 Å². The van der Waals surface area contributed by atoms with Crippen LogP contribution in [0.15, 0.2) is 58.7 Å². The molecule has 11 heteroatoms. The van der Waals surface area contributed by atoms with E-state index in [-0.39, 0.29) is 39.6 Å². The Labute approximate surface area is 213 Å². The number of hydrogen-bond acceptors (Lipinski definition) is 6. The molecule has 37 heavy (non-hydrogen) atoms. The lowest BCUT2D eigenvalue weighted by Crippen LogP contribution is -2.25. The number of carbonyl (C=O) groups excluding carboxylic acids is 2. The van der Waals surface area contributed by atoms with Crippen molar-refractivity contribution >= 4 is 39.0 Å². The van der Waals surface area contributed by atoms with E-state index < -0.39 is 29.2 Å². The van der Waals surface area contributed by atoms with Crippen molar-refractivity contribution < 1.29 is 27.5 Å². The molecule has 0 saturated carbocycles. The van der Waals surface area contributed by atoms with Gasteiger partial charge in [0.05, 0.1) is 23.2 Å². The Hall–Kier alpha value is -3.99. The smallest absolute Gasteiger partial charge is 0.416 e. The van der Waals surface area contributed by atoms with Crippen molar-refractivity contribution in [3.8, 4) is 5.69 Å². The number of aromatic nitrogens is 2. The maximum absolute atomic E-state index is 13.5. The average Bonchev–Trinajstić information content (AvgIpc) is 3.28. The number of hydrogen-bond donors (Lipinski definition) is 1. The zero-order valence-corrected chi connectivity index (χ0v) is 20.9. The molecule has 4 aromatic rings. The highest BCUT2D eigenvalue weighted by Crippen LogP contribution is 2.32. The monoisotopic (exact) mass is 529 g/mol. The molecule has 0 aliphatic carbocycles. The normalized spacial score (nSPS) is 11.6. The first-order valence-electron chi connectivity index (χ1n) is 11.3. The lowest BCUT2D eigenvalue weighted by Gasteiger charge is -2.11. The van der Waals surface area contributed by atoms with Crippen LogP contribution in [0.5, 0.6) is 0 Å². The third-order valence-corrected chi connectivity index (χ3v) is 6.50. The molecule has 1 N–H and O–H groups in total. The van der Waals surface area contributed by atoms with Crippen LogP contribution in [-0.4, -0.2) is 28.3 Å². The second kappa shape index (κ2) is 10.2. The molecule has 1 amide bonds. The number of benzene rings is 2. The molecule has 0 bridgehead atoms. The van der Waals surface area contributed by atoms with Crippen LogP contribution in [0.4, 0.5) is 18.2 Å². The summed E-state index contributed by atoms with van der Waals surface area (Å²) >= 11 is 0.954. The zero-order valence-electron chi connectivity index (χ0n) is 20.1. The number of anilines is 1. The Kier molecular flexibility index (Phi) is 7.17. The Morgan fingerprint density at radius 3 is 2.46 bits per heavy atom. The number of alkyl halides is 3. The molecule has 7 nitrogen and oxygen atoms in total. The largest absolute Gasteiger partial charge is 0.461 e. The molecule has 0 saturated heterocycles. The molecular formula is C26H22F3N3O4S. The van der Waals surface area contributed by atoms with Gasteiger partial charge in [-0.05, 0) is 48.7 Å². The van der Waals surface area contributed by atoms with Crippen LogP contribution in [-0.2, 0) is 10.9 Å². The SMILES string of the molecule is CCOC(=O)c1nn(-c2ccc(C(C)C)cc2)c(=O)c2c(NC(=O)c3cccc(C(F)(F)F)c3)scc12. The van der Waals surface area contributed by atoms with E-state index in [1.165, 1.54) is 11.4 Å². The highest BCUT2D eigenvalue weighted by atomic mass is 32.1. The number of rotatable bonds is 6. The number of nitrogens with zero attached hydrogens (tertiary/aromatic N) is 2. The van der Waals surface area contributed by atoms with E-state index in [0.717, 1.165) is 39.8 Å². The molecule has 0 aliphatic heterocycles. The van der Waals surface area contributed by atoms with Gasteiger partial charge in [-0.2, -0.15) is 23.0 Å². The minimum absolute atomic E-state index is 0.00341. The molecule has 2 aromatic carbocycles. The van der Waals surface area contributed by atoms with Crippen LogP contribution in [0.3, 0.4) is 0 Å². The maximum atomic E-state index is 13.5. The summed E-state index contributed by atoms with van der Waals surface area (Å²) < 4.78 is 45.5. The number of nitrogens with one attached hydrogen (secondary N) is 1. The highest BCUT2D eigenvalue weighted by molar-refractivity contribution is 7.16. The van der Waals surface area contributed by atoms with Crippen molar-refractivity contribution in [2.45, 2.75) is 32.9 Å². The van der Waals surface area contributed by atoms with Gasteiger partial charge in [0.1, 0.15) is 5.00 Å². The number of thiophene rings is 1. The van der Waals surface area contributed by atoms with Gasteiger partial charge in [0, 0.05) is 16.3 Å². The summed E-state index contributed by atoms with van der Waals surface area (Å²) in [5, 5.41) is 8.49. The van der Waals surface area contributed by atoms with Crippen molar-refractivity contribution in [1.82, 2.24) is 9.78 Å². The number of fused-ring (bicyclic) bond motifs is 1. The fourth-order valence-corrected chi connectivity index (χ4v) is 4.61. The fourth-order valence-electron chi connectivity index (χ4n) is 3.68. The van der Waals surface area contributed by atoms with E-state index in [2.05, 4.69) is 10.4 Å². The molecule has 192 valence electrons. The second-order valence-corrected chi connectivity index (χ2v) is 9.30. The summed E-state index contributed by atoms with van der Waals surface area (Å²) in [5.41, 5.74) is -0.518. The van der Waals surface area contributed by atoms with Gasteiger partial charge in [0.15, 0.2) is 5.69 Å². The molecule has 4 rings (SSSR count). The molecule has 0 radical (unpaired) electrons. The van der Waals surface area contributed by atoms with Crippen LogP contribution in [0.1, 0.15) is 58.7 Å². The number of ether oxygens (including phenoxy) is 1. The average molecular weight is 530 g/mol. The molecule has 0 atom stereocenters. The van der Waals surface area contributed by atoms with Gasteiger partial charge in [-0.15, -0.1) is 11.3 Å². The second-order valence-electron chi connectivity index (χ2n) is 8.42. The first-order valence-corrected chi connectivity index (χ1v) is 12.2. The lowest BCUT2D eigenvalue weighted by molar-refractivity contribution is -0.137. The molecular weight excluding hydrogens is 507 g/mol. The first-order chi connectivity index (χ1) is 17.5. The van der Waals surface area contributed by atoms with Crippen LogP contribution in [0, 0.1) is 0 Å². The summed E-state index contributed by atoms with van der Waals surface area (Å²) in [6, 6.07) is 11.0. The van der Waals surface area contributed by atoms with Crippen molar-refractivity contribution in [3.63, 3.8) is 0 Å². The van der Waals surface area contributed by atoms with E-state index in [1.54, 1.807) is 19.1 Å². The molecule has 0 aliphatic rings. The van der Waals surface area contributed by atoms with Crippen LogP contribution in [0.2, 0.25) is 0 Å². The number of halogens is 3. The number of carbonyl (C=O) groups is 2. The van der Waals surface area contributed by atoms with Gasteiger partial charge in [0.25, 0.3) is 11.5 Å². The summed E-state index contributed by atoms with van der Waals surface area (Å²) in [6.07, 6.45) is -4.62. The number of amides is 1. The zero-order chi connectivity index (χ0) is 26.9. The first kappa shape index (κ1) is 26.1. The number of esters is 1. The van der Waals surface area contributed by atoms with Gasteiger partial charge in [-0.25, -0.2) is 4.79 Å². The Bertz CT molecular complexity index is 1540. The van der Waals surface area contributed by atoms with Crippen LogP contribution < -0.4 is 10.9 Å². The van der Waals surface area contributed by atoms with Crippen LogP contribution in [0.25, 0.3) is 16.5 Å².